The van der Waals surface area contributed by atoms with Crippen molar-refractivity contribution in [3.8, 4) is 0 Å². The van der Waals surface area contributed by atoms with E-state index in [1.54, 1.807) is 6.08 Å². The zero-order chi connectivity index (χ0) is 13.3. The lowest BCUT2D eigenvalue weighted by atomic mass is 10.1. The quantitative estimate of drug-likeness (QED) is 0.643. The number of anilines is 1. The average molecular weight is 326 g/mol. The second kappa shape index (κ2) is 5.07. The van der Waals surface area contributed by atoms with Gasteiger partial charge in [-0.2, -0.15) is 0 Å². The van der Waals surface area contributed by atoms with Crippen LogP contribution < -0.4 is 15.5 Å². The third-order valence-corrected chi connectivity index (χ3v) is 3.32. The van der Waals surface area contributed by atoms with E-state index in [0.29, 0.717) is 10.8 Å². The summed E-state index contributed by atoms with van der Waals surface area (Å²) in [6.07, 6.45) is 1.76. The molecule has 0 spiro atoms. The summed E-state index contributed by atoms with van der Waals surface area (Å²) < 4.78 is 0.975. The number of hydrogen-bond donors (Lipinski definition) is 2. The van der Waals surface area contributed by atoms with Gasteiger partial charge in [-0.25, -0.2) is 0 Å². The zero-order valence-electron chi connectivity index (χ0n) is 9.95. The van der Waals surface area contributed by atoms with E-state index in [2.05, 4.69) is 26.6 Å². The maximum absolute atomic E-state index is 11.5. The first-order chi connectivity index (χ1) is 8.47. The van der Waals surface area contributed by atoms with Gasteiger partial charge >= 0.3 is 0 Å². The first-order valence-corrected chi connectivity index (χ1v) is 6.48. The molecule has 0 radical (unpaired) electrons. The number of halogens is 1. The van der Waals surface area contributed by atoms with Crippen molar-refractivity contribution >= 4 is 50.9 Å². The van der Waals surface area contributed by atoms with Crippen LogP contribution in [0.2, 0.25) is 0 Å². The molecule has 2 N–H and O–H groups in total. The first kappa shape index (κ1) is 13.0. The normalized spacial score (nSPS) is 16.7. The molecular weight excluding hydrogens is 314 g/mol. The van der Waals surface area contributed by atoms with E-state index in [0.717, 1.165) is 15.7 Å². The lowest BCUT2D eigenvalue weighted by Crippen LogP contribution is -2.21. The Labute approximate surface area is 119 Å². The average Bonchev–Trinajstić information content (AvgIpc) is 2.57. The number of benzene rings is 1. The van der Waals surface area contributed by atoms with Crippen LogP contribution in [0.5, 0.6) is 0 Å². The molecule has 0 atom stereocenters. The number of hydrogen-bond acceptors (Lipinski definition) is 3. The summed E-state index contributed by atoms with van der Waals surface area (Å²) in [5, 5.41) is 5.68. The number of rotatable bonds is 2. The molecule has 0 saturated carbocycles. The van der Waals surface area contributed by atoms with Crippen molar-refractivity contribution in [2.75, 3.05) is 19.0 Å². The number of nitrogens with zero attached hydrogens (tertiary/aromatic N) is 1. The Morgan fingerprint density at radius 2 is 2.06 bits per heavy atom. The Hall–Kier alpha value is -1.40. The van der Waals surface area contributed by atoms with Crippen molar-refractivity contribution in [3.63, 3.8) is 0 Å². The minimum atomic E-state index is -0.201. The number of thiocarbonyl (C=S) groups is 1. The minimum Gasteiger partial charge on any atom is -0.377 e. The molecular formula is C12H12BrN3OS. The minimum absolute atomic E-state index is 0.201. The Balaban J connectivity index is 2.31. The van der Waals surface area contributed by atoms with E-state index < -0.39 is 0 Å². The summed E-state index contributed by atoms with van der Waals surface area (Å²) in [5.74, 6) is -0.201. The number of carbonyl (C=O) groups excluding carboxylic acids is 1. The third-order valence-electron chi connectivity index (χ3n) is 2.48. The fourth-order valence-corrected chi connectivity index (χ4v) is 2.58. The van der Waals surface area contributed by atoms with Crippen LogP contribution in [0.25, 0.3) is 6.08 Å². The summed E-state index contributed by atoms with van der Waals surface area (Å²) >= 11 is 8.38. The molecule has 1 aromatic carbocycles. The van der Waals surface area contributed by atoms with Gasteiger partial charge in [-0.15, -0.1) is 0 Å². The van der Waals surface area contributed by atoms with Gasteiger partial charge in [0.05, 0.1) is 5.69 Å². The fourth-order valence-electron chi connectivity index (χ4n) is 1.62. The second-order valence-electron chi connectivity index (χ2n) is 4.07. The highest BCUT2D eigenvalue weighted by Crippen LogP contribution is 2.26. The van der Waals surface area contributed by atoms with Crippen LogP contribution in [0.4, 0.5) is 5.69 Å². The molecule has 1 aromatic rings. The smallest absolute Gasteiger partial charge is 0.273 e. The van der Waals surface area contributed by atoms with Crippen LogP contribution >= 0.6 is 28.1 Å². The van der Waals surface area contributed by atoms with Crippen LogP contribution in [0.3, 0.4) is 0 Å². The van der Waals surface area contributed by atoms with Gasteiger partial charge in [0.25, 0.3) is 5.91 Å². The van der Waals surface area contributed by atoms with Crippen LogP contribution in [0.1, 0.15) is 5.56 Å². The SMILES string of the molecule is CN(C)c1ccc(/C=C2\NC(=S)NC2=O)cc1Br. The van der Waals surface area contributed by atoms with Gasteiger partial charge in [0.15, 0.2) is 5.11 Å². The van der Waals surface area contributed by atoms with Gasteiger partial charge in [0, 0.05) is 18.6 Å². The molecule has 0 bridgehead atoms. The molecule has 0 aliphatic carbocycles. The largest absolute Gasteiger partial charge is 0.377 e. The Morgan fingerprint density at radius 3 is 2.56 bits per heavy atom. The monoisotopic (exact) mass is 325 g/mol. The molecule has 6 heteroatoms. The first-order valence-electron chi connectivity index (χ1n) is 5.28. The van der Waals surface area contributed by atoms with Gasteiger partial charge in [-0.3, -0.25) is 10.1 Å². The fraction of sp³-hybridized carbons (Fsp3) is 0.167. The van der Waals surface area contributed by atoms with Gasteiger partial charge in [-0.05, 0) is 51.9 Å². The molecule has 1 saturated heterocycles. The molecule has 1 aliphatic rings. The van der Waals surface area contributed by atoms with Gasteiger partial charge in [-0.1, -0.05) is 6.07 Å². The third kappa shape index (κ3) is 2.70. The summed E-state index contributed by atoms with van der Waals surface area (Å²) in [4.78, 5) is 13.5. The van der Waals surface area contributed by atoms with Gasteiger partial charge in [0.2, 0.25) is 0 Å². The van der Waals surface area contributed by atoms with Crippen molar-refractivity contribution in [3.05, 3.63) is 33.9 Å². The lowest BCUT2D eigenvalue weighted by molar-refractivity contribution is -0.115. The number of amides is 1. The molecule has 0 unspecified atom stereocenters. The predicted molar refractivity (Wildman–Crippen MR) is 80.3 cm³/mol. The van der Waals surface area contributed by atoms with Crippen LogP contribution in [-0.2, 0) is 4.79 Å². The van der Waals surface area contributed by atoms with Crippen LogP contribution in [0.15, 0.2) is 28.4 Å². The Kier molecular flexibility index (Phi) is 3.68. The van der Waals surface area contributed by atoms with Gasteiger partial charge in [0.1, 0.15) is 5.70 Å². The van der Waals surface area contributed by atoms with E-state index >= 15 is 0 Å². The van der Waals surface area contributed by atoms with E-state index in [1.165, 1.54) is 0 Å². The molecule has 0 aromatic heterocycles. The van der Waals surface area contributed by atoms with Crippen molar-refractivity contribution in [2.24, 2.45) is 0 Å². The van der Waals surface area contributed by atoms with E-state index in [-0.39, 0.29) is 5.91 Å². The Morgan fingerprint density at radius 1 is 1.33 bits per heavy atom. The maximum Gasteiger partial charge on any atom is 0.273 e. The molecule has 1 fully saturated rings. The van der Waals surface area contributed by atoms with Crippen molar-refractivity contribution in [1.29, 1.82) is 0 Å². The molecule has 94 valence electrons. The highest BCUT2D eigenvalue weighted by Gasteiger charge is 2.19. The van der Waals surface area contributed by atoms with Gasteiger partial charge < -0.3 is 10.2 Å². The molecule has 1 heterocycles. The zero-order valence-corrected chi connectivity index (χ0v) is 12.4. The van der Waals surface area contributed by atoms with Crippen molar-refractivity contribution < 1.29 is 4.79 Å². The summed E-state index contributed by atoms with van der Waals surface area (Å²) in [6.45, 7) is 0. The summed E-state index contributed by atoms with van der Waals surface area (Å²) in [5.41, 5.74) is 2.47. The summed E-state index contributed by atoms with van der Waals surface area (Å²) in [7, 11) is 3.95. The second-order valence-corrected chi connectivity index (χ2v) is 5.33. The molecule has 4 nitrogen and oxygen atoms in total. The highest BCUT2D eigenvalue weighted by atomic mass is 79.9. The number of nitrogens with one attached hydrogen (secondary N) is 2. The van der Waals surface area contributed by atoms with Crippen molar-refractivity contribution in [2.45, 2.75) is 0 Å². The maximum atomic E-state index is 11.5. The summed E-state index contributed by atoms with van der Waals surface area (Å²) in [6, 6.07) is 5.89. The highest BCUT2D eigenvalue weighted by molar-refractivity contribution is 9.10. The Bertz CT molecular complexity index is 554. The molecule has 18 heavy (non-hydrogen) atoms. The van der Waals surface area contributed by atoms with Crippen molar-refractivity contribution in [1.82, 2.24) is 10.6 Å². The van der Waals surface area contributed by atoms with E-state index in [1.807, 2.05) is 37.2 Å². The van der Waals surface area contributed by atoms with E-state index in [4.69, 9.17) is 12.2 Å². The molecule has 1 aliphatic heterocycles. The topological polar surface area (TPSA) is 44.4 Å². The molecule has 1 amide bonds. The van der Waals surface area contributed by atoms with Crippen LogP contribution in [0, 0.1) is 0 Å². The predicted octanol–water partition coefficient (Wildman–Crippen LogP) is 1.86. The molecule has 2 rings (SSSR count). The van der Waals surface area contributed by atoms with E-state index in [9.17, 15) is 4.79 Å². The van der Waals surface area contributed by atoms with Crippen LogP contribution in [-0.4, -0.2) is 25.1 Å². The standard InChI is InChI=1S/C12H12BrN3OS/c1-16(2)10-4-3-7(5-8(10)13)6-9-11(17)15-12(18)14-9/h3-6H,1-2H3,(H2,14,15,17,18)/b9-6-. The lowest BCUT2D eigenvalue weighted by Gasteiger charge is -2.14. The number of carbonyl (C=O) groups is 1.